The van der Waals surface area contributed by atoms with E-state index in [1.54, 1.807) is 0 Å². The number of fused-ring (bicyclic) bond motifs is 7. The maximum absolute atomic E-state index is 4.66. The minimum atomic E-state index is 0.342. The average molecular weight is 298 g/mol. The predicted molar refractivity (Wildman–Crippen MR) is 91.0 cm³/mol. The molecule has 1 aromatic heterocycles. The molecule has 2 nitrogen and oxygen atoms in total. The van der Waals surface area contributed by atoms with Crippen molar-refractivity contribution < 1.29 is 0 Å². The Morgan fingerprint density at radius 3 is 2.43 bits per heavy atom. The minimum absolute atomic E-state index is 0.342. The van der Waals surface area contributed by atoms with Gasteiger partial charge in [0.05, 0.1) is 6.04 Å². The van der Waals surface area contributed by atoms with E-state index in [0.29, 0.717) is 12.1 Å². The summed E-state index contributed by atoms with van der Waals surface area (Å²) in [6.07, 6.45) is 2.94. The molecule has 0 saturated carbocycles. The fourth-order valence-electron chi connectivity index (χ4n) is 4.22. The Kier molecular flexibility index (Phi) is 2.85. The van der Waals surface area contributed by atoms with Crippen molar-refractivity contribution in [3.63, 3.8) is 0 Å². The fraction of sp³-hybridized carbons (Fsp3) is 0.190. The van der Waals surface area contributed by atoms with Gasteiger partial charge in [-0.05, 0) is 28.3 Å². The highest BCUT2D eigenvalue weighted by Gasteiger charge is 2.43. The van der Waals surface area contributed by atoms with Gasteiger partial charge in [-0.3, -0.25) is 9.88 Å². The second kappa shape index (κ2) is 5.04. The molecule has 0 amide bonds. The van der Waals surface area contributed by atoms with Crippen LogP contribution in [-0.2, 0) is 13.0 Å². The normalized spacial score (nSPS) is 21.7. The molecule has 23 heavy (non-hydrogen) atoms. The molecule has 2 bridgehead atoms. The Morgan fingerprint density at radius 1 is 0.826 bits per heavy atom. The van der Waals surface area contributed by atoms with E-state index < -0.39 is 0 Å². The van der Waals surface area contributed by atoms with Gasteiger partial charge in [-0.15, -0.1) is 0 Å². The van der Waals surface area contributed by atoms with Crippen LogP contribution >= 0.6 is 0 Å². The topological polar surface area (TPSA) is 16.1 Å². The Balaban J connectivity index is 1.64. The molecular weight excluding hydrogens is 280 g/mol. The number of hydrogen-bond acceptors (Lipinski definition) is 2. The first-order valence-electron chi connectivity index (χ1n) is 8.24. The fourth-order valence-corrected chi connectivity index (χ4v) is 4.22. The molecular formula is C21H18N2. The van der Waals surface area contributed by atoms with E-state index in [4.69, 9.17) is 0 Å². The molecule has 2 aliphatic rings. The Hall–Kier alpha value is -2.45. The summed E-state index contributed by atoms with van der Waals surface area (Å²) in [6, 6.07) is 24.8. The van der Waals surface area contributed by atoms with Gasteiger partial charge in [-0.2, -0.15) is 0 Å². The first-order chi connectivity index (χ1) is 11.4. The second-order valence-electron chi connectivity index (χ2n) is 6.45. The number of pyridine rings is 1. The van der Waals surface area contributed by atoms with E-state index in [1.807, 2.05) is 6.20 Å². The zero-order valence-corrected chi connectivity index (χ0v) is 12.9. The van der Waals surface area contributed by atoms with Gasteiger partial charge in [-0.1, -0.05) is 60.7 Å². The lowest BCUT2D eigenvalue weighted by Gasteiger charge is -2.36. The Labute approximate surface area is 136 Å². The molecule has 2 aliphatic heterocycles. The standard InChI is InChI=1S/C21H18N2/c1-2-7-15(8-3-1)14-23-20-13-19-18(11-6-12-22-19)21(23)17-10-5-4-9-16(17)20/h1-12,20-21H,13-14H2. The zero-order chi connectivity index (χ0) is 15.2. The molecule has 2 atom stereocenters. The third-order valence-electron chi connectivity index (χ3n) is 5.20. The SMILES string of the molecule is c1ccc(CN2C3Cc4ncccc4C2c2ccccc23)cc1. The van der Waals surface area contributed by atoms with Gasteiger partial charge in [-0.25, -0.2) is 0 Å². The van der Waals surface area contributed by atoms with Crippen LogP contribution in [0.2, 0.25) is 0 Å². The third-order valence-corrected chi connectivity index (χ3v) is 5.20. The van der Waals surface area contributed by atoms with Gasteiger partial charge < -0.3 is 0 Å². The second-order valence-corrected chi connectivity index (χ2v) is 6.45. The van der Waals surface area contributed by atoms with Gasteiger partial charge in [0, 0.05) is 30.9 Å². The highest BCUT2D eigenvalue weighted by atomic mass is 15.2. The first kappa shape index (κ1) is 13.0. The monoisotopic (exact) mass is 298 g/mol. The summed E-state index contributed by atoms with van der Waals surface area (Å²) < 4.78 is 0. The summed E-state index contributed by atoms with van der Waals surface area (Å²) >= 11 is 0. The number of nitrogens with zero attached hydrogens (tertiary/aromatic N) is 2. The van der Waals surface area contributed by atoms with E-state index in [2.05, 4.69) is 76.6 Å². The largest absolute Gasteiger partial charge is 0.281 e. The molecule has 2 heteroatoms. The minimum Gasteiger partial charge on any atom is -0.281 e. The zero-order valence-electron chi connectivity index (χ0n) is 12.9. The van der Waals surface area contributed by atoms with Crippen LogP contribution < -0.4 is 0 Å². The van der Waals surface area contributed by atoms with Crippen LogP contribution in [0.25, 0.3) is 0 Å². The predicted octanol–water partition coefficient (Wildman–Crippen LogP) is 4.28. The molecule has 3 aromatic rings. The van der Waals surface area contributed by atoms with Gasteiger partial charge in [0.15, 0.2) is 0 Å². The van der Waals surface area contributed by atoms with Crippen molar-refractivity contribution in [2.75, 3.05) is 0 Å². The maximum atomic E-state index is 4.66. The van der Waals surface area contributed by atoms with E-state index in [9.17, 15) is 0 Å². The number of benzene rings is 2. The van der Waals surface area contributed by atoms with E-state index >= 15 is 0 Å². The molecule has 2 aromatic carbocycles. The molecule has 0 radical (unpaired) electrons. The Morgan fingerprint density at radius 2 is 1.57 bits per heavy atom. The van der Waals surface area contributed by atoms with Crippen molar-refractivity contribution >= 4 is 0 Å². The summed E-state index contributed by atoms with van der Waals surface area (Å²) in [5.74, 6) is 0. The number of rotatable bonds is 2. The van der Waals surface area contributed by atoms with Crippen molar-refractivity contribution in [1.29, 1.82) is 0 Å². The smallest absolute Gasteiger partial charge is 0.0631 e. The van der Waals surface area contributed by atoms with Crippen LogP contribution in [0.4, 0.5) is 0 Å². The van der Waals surface area contributed by atoms with Crippen molar-refractivity contribution in [3.05, 3.63) is 101 Å². The lowest BCUT2D eigenvalue weighted by Crippen LogP contribution is -2.33. The summed E-state index contributed by atoms with van der Waals surface area (Å²) in [5.41, 5.74) is 6.96. The highest BCUT2D eigenvalue weighted by Crippen LogP contribution is 2.51. The van der Waals surface area contributed by atoms with Crippen LogP contribution in [0, 0.1) is 0 Å². The molecule has 5 rings (SSSR count). The summed E-state index contributed by atoms with van der Waals surface area (Å²) in [6.45, 7) is 0.985. The van der Waals surface area contributed by atoms with Crippen molar-refractivity contribution in [2.24, 2.45) is 0 Å². The lowest BCUT2D eigenvalue weighted by atomic mass is 9.95. The van der Waals surface area contributed by atoms with Gasteiger partial charge in [0.2, 0.25) is 0 Å². The third kappa shape index (κ3) is 1.95. The summed E-state index contributed by atoms with van der Waals surface area (Å²) in [5, 5.41) is 0. The van der Waals surface area contributed by atoms with Crippen LogP contribution in [-0.4, -0.2) is 9.88 Å². The number of hydrogen-bond donors (Lipinski definition) is 0. The van der Waals surface area contributed by atoms with Crippen LogP contribution in [0.15, 0.2) is 72.9 Å². The van der Waals surface area contributed by atoms with Crippen molar-refractivity contribution in [1.82, 2.24) is 9.88 Å². The Bertz CT molecular complexity index is 845. The number of aromatic nitrogens is 1. The van der Waals surface area contributed by atoms with E-state index in [0.717, 1.165) is 13.0 Å². The molecule has 0 aliphatic carbocycles. The van der Waals surface area contributed by atoms with Gasteiger partial charge in [0.25, 0.3) is 0 Å². The summed E-state index contributed by atoms with van der Waals surface area (Å²) in [4.78, 5) is 7.30. The molecule has 112 valence electrons. The first-order valence-corrected chi connectivity index (χ1v) is 8.24. The summed E-state index contributed by atoms with van der Waals surface area (Å²) in [7, 11) is 0. The van der Waals surface area contributed by atoms with E-state index in [-0.39, 0.29) is 0 Å². The van der Waals surface area contributed by atoms with Crippen LogP contribution in [0.3, 0.4) is 0 Å². The molecule has 2 unspecified atom stereocenters. The van der Waals surface area contributed by atoms with Gasteiger partial charge >= 0.3 is 0 Å². The lowest BCUT2D eigenvalue weighted by molar-refractivity contribution is 0.156. The quantitative estimate of drug-likeness (QED) is 0.702. The van der Waals surface area contributed by atoms with Gasteiger partial charge in [0.1, 0.15) is 0 Å². The molecule has 0 saturated heterocycles. The van der Waals surface area contributed by atoms with Crippen molar-refractivity contribution in [3.8, 4) is 0 Å². The van der Waals surface area contributed by atoms with Crippen LogP contribution in [0.5, 0.6) is 0 Å². The maximum Gasteiger partial charge on any atom is 0.0631 e. The average Bonchev–Trinajstić information content (AvgIpc) is 2.82. The van der Waals surface area contributed by atoms with E-state index in [1.165, 1.54) is 27.9 Å². The molecule has 0 spiro atoms. The van der Waals surface area contributed by atoms with Crippen molar-refractivity contribution in [2.45, 2.75) is 25.0 Å². The molecule has 0 fully saturated rings. The molecule has 0 N–H and O–H groups in total. The molecule has 3 heterocycles. The highest BCUT2D eigenvalue weighted by molar-refractivity contribution is 5.49. The van der Waals surface area contributed by atoms with Crippen LogP contribution in [0.1, 0.15) is 40.0 Å².